The molecule has 0 bridgehead atoms. The zero-order chi connectivity index (χ0) is 25.2. The third-order valence-electron chi connectivity index (χ3n) is 5.38. The first-order valence-corrected chi connectivity index (χ1v) is 10.8. The zero-order valence-corrected chi connectivity index (χ0v) is 19.0. The maximum Gasteiger partial charge on any atom is 0.328 e. The molecule has 12 nitrogen and oxygen atoms in total. The number of nitrogens with one attached hydrogen (secondary N) is 1. The summed E-state index contributed by atoms with van der Waals surface area (Å²) in [6, 6.07) is 13.3. The summed E-state index contributed by atoms with van der Waals surface area (Å²) in [5.41, 5.74) is 6.42. The van der Waals surface area contributed by atoms with Gasteiger partial charge in [0, 0.05) is 19.2 Å². The smallest absolute Gasteiger partial charge is 0.328 e. The van der Waals surface area contributed by atoms with Gasteiger partial charge in [0.05, 0.1) is 23.7 Å². The Bertz CT molecular complexity index is 1460. The predicted octanol–water partition coefficient (Wildman–Crippen LogP) is 2.05. The number of amides is 2. The van der Waals surface area contributed by atoms with Crippen LogP contribution in [0.1, 0.15) is 21.5 Å². The molecule has 180 valence electrons. The van der Waals surface area contributed by atoms with Crippen molar-refractivity contribution in [1.29, 1.82) is 5.26 Å². The third kappa shape index (κ3) is 4.45. The first-order valence-electron chi connectivity index (χ1n) is 10.8. The number of rotatable bonds is 6. The Morgan fingerprint density at radius 3 is 2.78 bits per heavy atom. The summed E-state index contributed by atoms with van der Waals surface area (Å²) in [4.78, 5) is 38.8. The number of nitrogens with two attached hydrogens (primary N) is 1. The third-order valence-corrected chi connectivity index (χ3v) is 5.38. The highest BCUT2D eigenvalue weighted by Gasteiger charge is 2.26. The van der Waals surface area contributed by atoms with Crippen molar-refractivity contribution >= 4 is 23.3 Å². The normalized spacial score (nSPS) is 14.2. The number of nitriles is 1. The Kier molecular flexibility index (Phi) is 5.79. The van der Waals surface area contributed by atoms with Crippen LogP contribution in [0.5, 0.6) is 29.3 Å². The molecular weight excluding hydrogens is 466 g/mol. The summed E-state index contributed by atoms with van der Waals surface area (Å²) in [5, 5.41) is 11.8. The fraction of sp³-hybridized carbons (Fsp3) is 0.167. The molecule has 0 fully saturated rings. The first-order chi connectivity index (χ1) is 17.4. The van der Waals surface area contributed by atoms with Crippen LogP contribution in [0.2, 0.25) is 0 Å². The predicted molar refractivity (Wildman–Crippen MR) is 126 cm³/mol. The number of hydrogen-bond acceptors (Lipinski definition) is 10. The lowest BCUT2D eigenvalue weighted by Crippen LogP contribution is -2.26. The molecule has 2 aromatic carbocycles. The maximum atomic E-state index is 11.9. The Labute approximate surface area is 204 Å². The molecule has 1 aromatic heterocycles. The van der Waals surface area contributed by atoms with Crippen LogP contribution in [0.3, 0.4) is 0 Å². The van der Waals surface area contributed by atoms with Gasteiger partial charge in [0.25, 0.3) is 11.8 Å². The van der Waals surface area contributed by atoms with E-state index in [4.69, 9.17) is 19.9 Å². The van der Waals surface area contributed by atoms with Crippen LogP contribution >= 0.6 is 0 Å². The molecule has 0 saturated heterocycles. The fourth-order valence-electron chi connectivity index (χ4n) is 3.69. The number of carbonyl (C=O) groups excluding carboxylic acids is 2. The number of ether oxygens (including phenoxy) is 3. The van der Waals surface area contributed by atoms with Crippen molar-refractivity contribution in [2.45, 2.75) is 0 Å². The standard InChI is InChI=1S/C24H19N7O5/c1-31-8-7-27-21(31)13-3-2-4-15(9-13)36-24-29-22-19(28-18(32)12-34-22)23(30-24)35-16-6-5-14(11-25)17(10-16)20(26)33/h2-6,9-10H,7-8,12H2,1H3,(H2,26,33)(H,28,32). The molecule has 2 aliphatic heterocycles. The van der Waals surface area contributed by atoms with E-state index in [0.29, 0.717) is 5.75 Å². The summed E-state index contributed by atoms with van der Waals surface area (Å²) in [7, 11) is 1.97. The number of carbonyl (C=O) groups is 2. The summed E-state index contributed by atoms with van der Waals surface area (Å²) in [6.07, 6.45) is 0. The maximum absolute atomic E-state index is 11.9. The SMILES string of the molecule is CN1CCN=C1c1cccc(Oc2nc3c(c(Oc4ccc(C#N)c(C(N)=O)c4)n2)NC(=O)CO3)c1. The number of nitrogens with zero attached hydrogens (tertiary/aromatic N) is 5. The van der Waals surface area contributed by atoms with Crippen molar-refractivity contribution in [3.05, 3.63) is 59.2 Å². The van der Waals surface area contributed by atoms with E-state index >= 15 is 0 Å². The van der Waals surface area contributed by atoms with Crippen molar-refractivity contribution < 1.29 is 23.8 Å². The lowest BCUT2D eigenvalue weighted by Gasteiger charge is -2.20. The second-order valence-electron chi connectivity index (χ2n) is 7.87. The number of hydrogen-bond donors (Lipinski definition) is 2. The molecule has 2 aliphatic rings. The van der Waals surface area contributed by atoms with Gasteiger partial charge in [-0.2, -0.15) is 15.2 Å². The Hall–Kier alpha value is -5.18. The van der Waals surface area contributed by atoms with Crippen molar-refractivity contribution in [3.8, 4) is 35.3 Å². The van der Waals surface area contributed by atoms with Gasteiger partial charge in [-0.3, -0.25) is 14.6 Å². The van der Waals surface area contributed by atoms with Gasteiger partial charge < -0.3 is 30.2 Å². The topological polar surface area (TPSA) is 165 Å². The van der Waals surface area contributed by atoms with Crippen molar-refractivity contribution in [2.75, 3.05) is 32.1 Å². The summed E-state index contributed by atoms with van der Waals surface area (Å²) >= 11 is 0. The quantitative estimate of drug-likeness (QED) is 0.531. The molecule has 0 unspecified atom stereocenters. The van der Waals surface area contributed by atoms with Gasteiger partial charge >= 0.3 is 6.01 Å². The van der Waals surface area contributed by atoms with Gasteiger partial charge in [-0.25, -0.2) is 0 Å². The highest BCUT2D eigenvalue weighted by molar-refractivity contribution is 6.00. The number of anilines is 1. The van der Waals surface area contributed by atoms with Crippen molar-refractivity contribution in [3.63, 3.8) is 0 Å². The number of primary amides is 1. The van der Waals surface area contributed by atoms with Gasteiger partial charge in [-0.05, 0) is 30.3 Å². The van der Waals surface area contributed by atoms with E-state index in [9.17, 15) is 14.9 Å². The van der Waals surface area contributed by atoms with Crippen LogP contribution in [0.25, 0.3) is 0 Å². The number of amidine groups is 1. The fourth-order valence-corrected chi connectivity index (χ4v) is 3.69. The van der Waals surface area contributed by atoms with Crippen molar-refractivity contribution in [2.24, 2.45) is 10.7 Å². The molecule has 5 rings (SSSR count). The molecule has 36 heavy (non-hydrogen) atoms. The Balaban J connectivity index is 1.49. The highest BCUT2D eigenvalue weighted by Crippen LogP contribution is 2.39. The monoisotopic (exact) mass is 485 g/mol. The summed E-state index contributed by atoms with van der Waals surface area (Å²) in [6.45, 7) is 1.32. The Morgan fingerprint density at radius 2 is 2.03 bits per heavy atom. The Morgan fingerprint density at radius 1 is 1.19 bits per heavy atom. The molecule has 0 saturated carbocycles. The van der Waals surface area contributed by atoms with Crippen LogP contribution in [-0.2, 0) is 4.79 Å². The highest BCUT2D eigenvalue weighted by atomic mass is 16.5. The number of benzene rings is 2. The van der Waals surface area contributed by atoms with Crippen LogP contribution in [0.15, 0.2) is 47.5 Å². The lowest BCUT2D eigenvalue weighted by atomic mass is 10.1. The second-order valence-corrected chi connectivity index (χ2v) is 7.87. The molecular formula is C24H19N7O5. The van der Waals surface area contributed by atoms with E-state index in [1.807, 2.05) is 31.3 Å². The molecule has 0 spiro atoms. The largest absolute Gasteiger partial charge is 0.466 e. The minimum atomic E-state index is -0.792. The van der Waals surface area contributed by atoms with Crippen molar-refractivity contribution in [1.82, 2.24) is 14.9 Å². The molecule has 3 heterocycles. The van der Waals surface area contributed by atoms with Crippen LogP contribution in [0.4, 0.5) is 5.69 Å². The summed E-state index contributed by atoms with van der Waals surface area (Å²) in [5.74, 6) is 0.215. The molecule has 0 atom stereocenters. The average Bonchev–Trinajstić information content (AvgIpc) is 3.30. The molecule has 3 aromatic rings. The molecule has 3 N–H and O–H groups in total. The van der Waals surface area contributed by atoms with Gasteiger partial charge in [0.15, 0.2) is 12.3 Å². The number of fused-ring (bicyclic) bond motifs is 1. The minimum Gasteiger partial charge on any atom is -0.466 e. The first kappa shape index (κ1) is 22.6. The van der Waals surface area contributed by atoms with E-state index in [1.165, 1.54) is 18.2 Å². The van der Waals surface area contributed by atoms with Crippen LogP contribution < -0.4 is 25.3 Å². The number of likely N-dealkylation sites (N-methyl/N-ethyl adjacent to an activating group) is 1. The van der Waals surface area contributed by atoms with Gasteiger partial charge in [0.2, 0.25) is 11.8 Å². The summed E-state index contributed by atoms with van der Waals surface area (Å²) < 4.78 is 17.2. The van der Waals surface area contributed by atoms with E-state index in [1.54, 1.807) is 6.07 Å². The molecule has 12 heteroatoms. The van der Waals surface area contributed by atoms with E-state index < -0.39 is 11.8 Å². The average molecular weight is 485 g/mol. The van der Waals surface area contributed by atoms with Gasteiger partial charge in [0.1, 0.15) is 17.3 Å². The molecule has 0 radical (unpaired) electrons. The van der Waals surface area contributed by atoms with E-state index in [-0.39, 0.29) is 46.9 Å². The zero-order valence-electron chi connectivity index (χ0n) is 19.0. The van der Waals surface area contributed by atoms with Crippen LogP contribution in [-0.4, -0.2) is 59.3 Å². The van der Waals surface area contributed by atoms with Crippen LogP contribution in [0, 0.1) is 11.3 Å². The number of aliphatic imine (C=N–C) groups is 1. The molecule has 0 aliphatic carbocycles. The van der Waals surface area contributed by atoms with Gasteiger partial charge in [-0.15, -0.1) is 0 Å². The number of aromatic nitrogens is 2. The second kappa shape index (κ2) is 9.22. The van der Waals surface area contributed by atoms with E-state index in [2.05, 4.69) is 25.2 Å². The molecule has 2 amide bonds. The van der Waals surface area contributed by atoms with Gasteiger partial charge in [-0.1, -0.05) is 12.1 Å². The lowest BCUT2D eigenvalue weighted by molar-refractivity contribution is -0.118. The van der Waals surface area contributed by atoms with E-state index in [0.717, 1.165) is 24.5 Å². The minimum absolute atomic E-state index is 0.0220.